The molecule has 0 radical (unpaired) electrons. The minimum atomic E-state index is -0.154. The number of morpholine rings is 1. The van der Waals surface area contributed by atoms with Crippen LogP contribution in [0.4, 0.5) is 10.6 Å². The van der Waals surface area contributed by atoms with Gasteiger partial charge in [-0.2, -0.15) is 0 Å². The fraction of sp³-hybridized carbons (Fsp3) is 0.444. The van der Waals surface area contributed by atoms with Crippen LogP contribution in [0.5, 0.6) is 0 Å². The minimum Gasteiger partial charge on any atom is -0.378 e. The molecule has 1 fully saturated rings. The molecule has 6 heteroatoms. The maximum Gasteiger partial charge on any atom is 0.323 e. The maximum atomic E-state index is 11.7. The molecule has 15 heavy (non-hydrogen) atoms. The summed E-state index contributed by atoms with van der Waals surface area (Å²) in [7, 11) is 0. The molecule has 2 rings (SSSR count). The van der Waals surface area contributed by atoms with Gasteiger partial charge in [0.05, 0.1) is 19.4 Å². The van der Waals surface area contributed by atoms with Crippen molar-refractivity contribution in [1.29, 1.82) is 0 Å². The van der Waals surface area contributed by atoms with E-state index in [0.717, 1.165) is 0 Å². The third kappa shape index (κ3) is 2.63. The van der Waals surface area contributed by atoms with Gasteiger partial charge in [0.25, 0.3) is 0 Å². The van der Waals surface area contributed by atoms with E-state index in [1.165, 1.54) is 12.4 Å². The van der Waals surface area contributed by atoms with Crippen molar-refractivity contribution < 1.29 is 9.53 Å². The molecule has 1 aromatic heterocycles. The predicted molar refractivity (Wildman–Crippen MR) is 53.4 cm³/mol. The Morgan fingerprint density at radius 1 is 1.40 bits per heavy atom. The fourth-order valence-electron chi connectivity index (χ4n) is 1.32. The molecule has 1 aliphatic rings. The highest BCUT2D eigenvalue weighted by atomic mass is 16.5. The number of rotatable bonds is 1. The summed E-state index contributed by atoms with van der Waals surface area (Å²) in [6.45, 7) is 2.42. The smallest absolute Gasteiger partial charge is 0.323 e. The first kappa shape index (κ1) is 9.85. The van der Waals surface area contributed by atoms with Crippen molar-refractivity contribution in [2.75, 3.05) is 31.6 Å². The second-order valence-electron chi connectivity index (χ2n) is 3.12. The van der Waals surface area contributed by atoms with E-state index in [1.54, 1.807) is 11.1 Å². The van der Waals surface area contributed by atoms with Crippen LogP contribution in [-0.2, 0) is 4.74 Å². The van der Waals surface area contributed by atoms with Crippen LogP contribution in [0.25, 0.3) is 0 Å². The Morgan fingerprint density at radius 3 is 2.87 bits per heavy atom. The lowest BCUT2D eigenvalue weighted by atomic mass is 10.4. The summed E-state index contributed by atoms with van der Waals surface area (Å²) in [4.78, 5) is 21.2. The van der Waals surface area contributed by atoms with Crippen LogP contribution in [0.1, 0.15) is 0 Å². The molecule has 1 saturated heterocycles. The number of urea groups is 1. The van der Waals surface area contributed by atoms with Crippen LogP contribution in [0.3, 0.4) is 0 Å². The standard InChI is InChI=1S/C9H12N4O2/c14-9(13-3-5-15-6-4-13)12-8-7-10-1-2-11-8/h1-2,7H,3-6H2,(H,11,12,14). The van der Waals surface area contributed by atoms with E-state index in [4.69, 9.17) is 4.74 Å². The molecular weight excluding hydrogens is 196 g/mol. The van der Waals surface area contributed by atoms with Crippen molar-refractivity contribution >= 4 is 11.8 Å². The molecule has 0 aliphatic carbocycles. The molecule has 0 saturated carbocycles. The lowest BCUT2D eigenvalue weighted by molar-refractivity contribution is 0.0564. The van der Waals surface area contributed by atoms with Gasteiger partial charge < -0.3 is 9.64 Å². The molecule has 1 N–H and O–H groups in total. The number of carbonyl (C=O) groups excluding carboxylic acids is 1. The highest BCUT2D eigenvalue weighted by molar-refractivity contribution is 5.88. The number of carbonyl (C=O) groups is 1. The number of ether oxygens (including phenoxy) is 1. The Kier molecular flexibility index (Phi) is 3.08. The van der Waals surface area contributed by atoms with Gasteiger partial charge >= 0.3 is 6.03 Å². The molecule has 0 atom stereocenters. The van der Waals surface area contributed by atoms with Gasteiger partial charge in [0.1, 0.15) is 0 Å². The van der Waals surface area contributed by atoms with Crippen LogP contribution < -0.4 is 5.32 Å². The number of nitrogens with one attached hydrogen (secondary N) is 1. The van der Waals surface area contributed by atoms with Crippen molar-refractivity contribution in [2.24, 2.45) is 0 Å². The number of hydrogen-bond acceptors (Lipinski definition) is 4. The zero-order valence-corrected chi connectivity index (χ0v) is 8.22. The van der Waals surface area contributed by atoms with Crippen LogP contribution in [-0.4, -0.2) is 47.2 Å². The van der Waals surface area contributed by atoms with E-state index < -0.39 is 0 Å². The third-order valence-electron chi connectivity index (χ3n) is 2.10. The summed E-state index contributed by atoms with van der Waals surface area (Å²) in [6.07, 6.45) is 4.61. The van der Waals surface area contributed by atoms with Gasteiger partial charge in [-0.1, -0.05) is 0 Å². The van der Waals surface area contributed by atoms with Gasteiger partial charge in [0.15, 0.2) is 5.82 Å². The Balaban J connectivity index is 1.91. The van der Waals surface area contributed by atoms with Gasteiger partial charge in [0.2, 0.25) is 0 Å². The van der Waals surface area contributed by atoms with Crippen LogP contribution >= 0.6 is 0 Å². The van der Waals surface area contributed by atoms with E-state index in [2.05, 4.69) is 15.3 Å². The third-order valence-corrected chi connectivity index (χ3v) is 2.10. The molecule has 0 unspecified atom stereocenters. The first-order valence-electron chi connectivity index (χ1n) is 4.76. The van der Waals surface area contributed by atoms with E-state index in [0.29, 0.717) is 32.1 Å². The molecule has 0 bridgehead atoms. The van der Waals surface area contributed by atoms with E-state index >= 15 is 0 Å². The number of anilines is 1. The summed E-state index contributed by atoms with van der Waals surface area (Å²) < 4.78 is 5.15. The molecule has 6 nitrogen and oxygen atoms in total. The number of nitrogens with zero attached hydrogens (tertiary/aromatic N) is 3. The molecular formula is C9H12N4O2. The van der Waals surface area contributed by atoms with Gasteiger partial charge in [-0.15, -0.1) is 0 Å². The molecule has 1 aliphatic heterocycles. The molecule has 80 valence electrons. The Bertz CT molecular complexity index is 324. The summed E-state index contributed by atoms with van der Waals surface area (Å²) in [5.41, 5.74) is 0. The quantitative estimate of drug-likeness (QED) is 0.722. The Hall–Kier alpha value is -1.69. The highest BCUT2D eigenvalue weighted by Crippen LogP contribution is 2.02. The second-order valence-corrected chi connectivity index (χ2v) is 3.12. The van der Waals surface area contributed by atoms with E-state index in [9.17, 15) is 4.79 Å². The monoisotopic (exact) mass is 208 g/mol. The fourth-order valence-corrected chi connectivity index (χ4v) is 1.32. The predicted octanol–water partition coefficient (Wildman–Crippen LogP) is 0.341. The summed E-state index contributed by atoms with van der Waals surface area (Å²) >= 11 is 0. The zero-order chi connectivity index (χ0) is 10.5. The van der Waals surface area contributed by atoms with E-state index in [1.807, 2.05) is 0 Å². The van der Waals surface area contributed by atoms with Gasteiger partial charge in [-0.3, -0.25) is 10.3 Å². The normalized spacial score (nSPS) is 16.1. The highest BCUT2D eigenvalue weighted by Gasteiger charge is 2.16. The Morgan fingerprint density at radius 2 is 2.20 bits per heavy atom. The average molecular weight is 208 g/mol. The molecule has 2 heterocycles. The summed E-state index contributed by atoms with van der Waals surface area (Å²) in [6, 6.07) is -0.154. The second kappa shape index (κ2) is 4.70. The number of amides is 2. The van der Waals surface area contributed by atoms with Crippen molar-refractivity contribution in [3.63, 3.8) is 0 Å². The first-order valence-corrected chi connectivity index (χ1v) is 4.76. The van der Waals surface area contributed by atoms with Crippen molar-refractivity contribution in [1.82, 2.24) is 14.9 Å². The zero-order valence-electron chi connectivity index (χ0n) is 8.22. The van der Waals surface area contributed by atoms with Crippen LogP contribution in [0.15, 0.2) is 18.6 Å². The van der Waals surface area contributed by atoms with Crippen molar-refractivity contribution in [2.45, 2.75) is 0 Å². The Labute approximate surface area is 87.3 Å². The van der Waals surface area contributed by atoms with Crippen molar-refractivity contribution in [3.05, 3.63) is 18.6 Å². The van der Waals surface area contributed by atoms with E-state index in [-0.39, 0.29) is 6.03 Å². The average Bonchev–Trinajstić information content (AvgIpc) is 2.31. The van der Waals surface area contributed by atoms with Crippen LogP contribution in [0, 0.1) is 0 Å². The lowest BCUT2D eigenvalue weighted by Gasteiger charge is -2.26. The number of aromatic nitrogens is 2. The lowest BCUT2D eigenvalue weighted by Crippen LogP contribution is -2.43. The molecule has 0 aromatic carbocycles. The molecule has 0 spiro atoms. The first-order chi connectivity index (χ1) is 7.36. The van der Waals surface area contributed by atoms with Gasteiger partial charge in [-0.05, 0) is 0 Å². The van der Waals surface area contributed by atoms with Crippen LogP contribution in [0.2, 0.25) is 0 Å². The van der Waals surface area contributed by atoms with Gasteiger partial charge in [0, 0.05) is 25.5 Å². The molecule has 1 aromatic rings. The summed E-state index contributed by atoms with van der Waals surface area (Å²) in [5, 5.41) is 2.67. The summed E-state index contributed by atoms with van der Waals surface area (Å²) in [5.74, 6) is 0.467. The SMILES string of the molecule is O=C(Nc1cnccn1)N1CCOCC1. The van der Waals surface area contributed by atoms with Gasteiger partial charge in [-0.25, -0.2) is 9.78 Å². The maximum absolute atomic E-state index is 11.7. The minimum absolute atomic E-state index is 0.154. The largest absolute Gasteiger partial charge is 0.378 e. The number of hydrogen-bond donors (Lipinski definition) is 1. The van der Waals surface area contributed by atoms with Crippen molar-refractivity contribution in [3.8, 4) is 0 Å². The topological polar surface area (TPSA) is 67.4 Å². The molecule has 2 amide bonds.